The van der Waals surface area contributed by atoms with Crippen molar-refractivity contribution in [1.82, 2.24) is 0 Å². The maximum absolute atomic E-state index is 8.66. The van der Waals surface area contributed by atoms with Gasteiger partial charge in [0.25, 0.3) is 0 Å². The lowest BCUT2D eigenvalue weighted by Crippen LogP contribution is -2.43. The van der Waals surface area contributed by atoms with Gasteiger partial charge in [-0.05, 0) is 25.2 Å². The minimum atomic E-state index is -0.136. The fraction of sp³-hybridized carbons (Fsp3) is 1.00. The second-order valence-electron chi connectivity index (χ2n) is 3.47. The van der Waals surface area contributed by atoms with Gasteiger partial charge in [0.15, 0.2) is 0 Å². The molecule has 0 aromatic heterocycles. The number of nitrogens with two attached hydrogens (primary N) is 1. The highest BCUT2D eigenvalue weighted by Gasteiger charge is 2.43. The largest absolute Gasteiger partial charge is 0.394 e. The Bertz CT molecular complexity index is 130. The highest BCUT2D eigenvalue weighted by Crippen LogP contribution is 2.43. The van der Waals surface area contributed by atoms with Gasteiger partial charge in [-0.2, -0.15) is 0 Å². The van der Waals surface area contributed by atoms with E-state index in [9.17, 15) is 0 Å². The highest BCUT2D eigenvalue weighted by molar-refractivity contribution is 4.96. The second-order valence-corrected chi connectivity index (χ2v) is 3.47. The summed E-state index contributed by atoms with van der Waals surface area (Å²) < 4.78 is 5.63. The zero-order valence-electron chi connectivity index (χ0n) is 7.75. The van der Waals surface area contributed by atoms with Crippen molar-refractivity contribution in [3.63, 3.8) is 0 Å². The zero-order chi connectivity index (χ0) is 9.03. The van der Waals surface area contributed by atoms with E-state index < -0.39 is 0 Å². The Kier molecular flexibility index (Phi) is 3.50. The standard InChI is InChI=1S/C9H19NO2/c1-2-9(7-10,8-3-4-8)12-6-5-11/h8,11H,2-7,10H2,1H3. The molecule has 0 bridgehead atoms. The summed E-state index contributed by atoms with van der Waals surface area (Å²) in [6.07, 6.45) is 3.42. The average molecular weight is 173 g/mol. The highest BCUT2D eigenvalue weighted by atomic mass is 16.5. The first-order valence-electron chi connectivity index (χ1n) is 4.74. The van der Waals surface area contributed by atoms with Crippen molar-refractivity contribution in [2.24, 2.45) is 11.7 Å². The first-order valence-corrected chi connectivity index (χ1v) is 4.74. The molecule has 0 amide bonds. The number of aliphatic hydroxyl groups is 1. The van der Waals surface area contributed by atoms with Gasteiger partial charge < -0.3 is 15.6 Å². The van der Waals surface area contributed by atoms with Gasteiger partial charge in [0.1, 0.15) is 0 Å². The Hall–Kier alpha value is -0.120. The van der Waals surface area contributed by atoms with Crippen LogP contribution in [-0.4, -0.2) is 30.5 Å². The van der Waals surface area contributed by atoms with Crippen molar-refractivity contribution in [3.8, 4) is 0 Å². The van der Waals surface area contributed by atoms with E-state index >= 15 is 0 Å². The molecule has 0 aromatic rings. The van der Waals surface area contributed by atoms with E-state index in [-0.39, 0.29) is 12.2 Å². The number of hydrogen-bond donors (Lipinski definition) is 2. The van der Waals surface area contributed by atoms with Crippen LogP contribution in [0.1, 0.15) is 26.2 Å². The van der Waals surface area contributed by atoms with Crippen molar-refractivity contribution >= 4 is 0 Å². The molecule has 0 saturated heterocycles. The molecule has 1 atom stereocenters. The molecular weight excluding hydrogens is 154 g/mol. The average Bonchev–Trinajstić information content (AvgIpc) is 2.91. The maximum Gasteiger partial charge on any atom is 0.0830 e. The van der Waals surface area contributed by atoms with Crippen molar-refractivity contribution in [3.05, 3.63) is 0 Å². The van der Waals surface area contributed by atoms with Crippen molar-refractivity contribution < 1.29 is 9.84 Å². The lowest BCUT2D eigenvalue weighted by molar-refractivity contribution is -0.0694. The molecule has 0 aromatic carbocycles. The van der Waals surface area contributed by atoms with Gasteiger partial charge in [0.05, 0.1) is 18.8 Å². The van der Waals surface area contributed by atoms with Crippen LogP contribution in [0.4, 0.5) is 0 Å². The van der Waals surface area contributed by atoms with Crippen LogP contribution >= 0.6 is 0 Å². The van der Waals surface area contributed by atoms with Crippen molar-refractivity contribution in [2.45, 2.75) is 31.8 Å². The summed E-state index contributed by atoms with van der Waals surface area (Å²) in [4.78, 5) is 0. The molecule has 1 fully saturated rings. The SMILES string of the molecule is CCC(CN)(OCCO)C1CC1. The molecule has 3 N–H and O–H groups in total. The smallest absolute Gasteiger partial charge is 0.0830 e. The molecule has 1 aliphatic rings. The summed E-state index contributed by atoms with van der Waals surface area (Å²) >= 11 is 0. The minimum absolute atomic E-state index is 0.0917. The Balaban J connectivity index is 2.43. The minimum Gasteiger partial charge on any atom is -0.394 e. The molecule has 0 heterocycles. The molecule has 1 aliphatic carbocycles. The molecular formula is C9H19NO2. The van der Waals surface area contributed by atoms with Gasteiger partial charge in [-0.15, -0.1) is 0 Å². The first kappa shape index (κ1) is 9.96. The third kappa shape index (κ3) is 1.97. The van der Waals surface area contributed by atoms with Crippen LogP contribution in [-0.2, 0) is 4.74 Å². The summed E-state index contributed by atoms with van der Waals surface area (Å²) in [5.74, 6) is 0.638. The van der Waals surface area contributed by atoms with Gasteiger partial charge in [0.2, 0.25) is 0 Å². The van der Waals surface area contributed by atoms with E-state index in [0.717, 1.165) is 6.42 Å². The van der Waals surface area contributed by atoms with Crippen molar-refractivity contribution in [2.75, 3.05) is 19.8 Å². The topological polar surface area (TPSA) is 55.5 Å². The number of hydrogen-bond acceptors (Lipinski definition) is 3. The molecule has 12 heavy (non-hydrogen) atoms. The predicted molar refractivity (Wildman–Crippen MR) is 47.8 cm³/mol. The number of ether oxygens (including phenoxy) is 1. The fourth-order valence-electron chi connectivity index (χ4n) is 1.74. The van der Waals surface area contributed by atoms with Crippen LogP contribution in [0.2, 0.25) is 0 Å². The van der Waals surface area contributed by atoms with Crippen LogP contribution in [0.3, 0.4) is 0 Å². The normalized spacial score (nSPS) is 22.2. The summed E-state index contributed by atoms with van der Waals surface area (Å²) in [5.41, 5.74) is 5.56. The summed E-state index contributed by atoms with van der Waals surface area (Å²) in [5, 5.41) is 8.66. The third-order valence-electron chi connectivity index (χ3n) is 2.75. The van der Waals surface area contributed by atoms with E-state index in [1.54, 1.807) is 0 Å². The lowest BCUT2D eigenvalue weighted by Gasteiger charge is -2.31. The van der Waals surface area contributed by atoms with E-state index in [2.05, 4.69) is 6.92 Å². The number of rotatable bonds is 6. The van der Waals surface area contributed by atoms with Gasteiger partial charge in [-0.3, -0.25) is 0 Å². The Labute approximate surface area is 73.9 Å². The molecule has 1 unspecified atom stereocenters. The maximum atomic E-state index is 8.66. The first-order chi connectivity index (χ1) is 5.79. The van der Waals surface area contributed by atoms with Gasteiger partial charge in [0, 0.05) is 6.54 Å². The molecule has 3 heteroatoms. The molecule has 1 rings (SSSR count). The van der Waals surface area contributed by atoms with E-state index in [1.807, 2.05) is 0 Å². The van der Waals surface area contributed by atoms with Gasteiger partial charge in [-0.25, -0.2) is 0 Å². The molecule has 0 aliphatic heterocycles. The molecule has 0 spiro atoms. The van der Waals surface area contributed by atoms with Crippen LogP contribution in [0.15, 0.2) is 0 Å². The van der Waals surface area contributed by atoms with Crippen LogP contribution in [0, 0.1) is 5.92 Å². The molecule has 1 saturated carbocycles. The van der Waals surface area contributed by atoms with Crippen LogP contribution < -0.4 is 5.73 Å². The lowest BCUT2D eigenvalue weighted by atomic mass is 9.94. The van der Waals surface area contributed by atoms with Crippen LogP contribution in [0.5, 0.6) is 0 Å². The number of aliphatic hydroxyl groups excluding tert-OH is 1. The van der Waals surface area contributed by atoms with E-state index in [4.69, 9.17) is 15.6 Å². The summed E-state index contributed by atoms with van der Waals surface area (Å²) in [6.45, 7) is 3.19. The van der Waals surface area contributed by atoms with E-state index in [0.29, 0.717) is 19.1 Å². The second kappa shape index (κ2) is 4.21. The summed E-state index contributed by atoms with van der Waals surface area (Å²) in [6, 6.07) is 0. The van der Waals surface area contributed by atoms with Crippen LogP contribution in [0.25, 0.3) is 0 Å². The van der Waals surface area contributed by atoms with Gasteiger partial charge in [-0.1, -0.05) is 6.92 Å². The van der Waals surface area contributed by atoms with Crippen molar-refractivity contribution in [1.29, 1.82) is 0 Å². The Morgan fingerprint density at radius 1 is 1.58 bits per heavy atom. The Morgan fingerprint density at radius 2 is 2.25 bits per heavy atom. The molecule has 3 nitrogen and oxygen atoms in total. The molecule has 0 radical (unpaired) electrons. The monoisotopic (exact) mass is 173 g/mol. The van der Waals surface area contributed by atoms with E-state index in [1.165, 1.54) is 12.8 Å². The summed E-state index contributed by atoms with van der Waals surface area (Å²) in [7, 11) is 0. The predicted octanol–water partition coefficient (Wildman–Crippen LogP) is 0.513. The molecule has 72 valence electrons. The Morgan fingerprint density at radius 3 is 2.58 bits per heavy atom. The third-order valence-corrected chi connectivity index (χ3v) is 2.75. The zero-order valence-corrected chi connectivity index (χ0v) is 7.75. The van der Waals surface area contributed by atoms with Gasteiger partial charge >= 0.3 is 0 Å². The fourth-order valence-corrected chi connectivity index (χ4v) is 1.74. The quantitative estimate of drug-likeness (QED) is 0.615.